The summed E-state index contributed by atoms with van der Waals surface area (Å²) in [6, 6.07) is 0.763. The first-order chi connectivity index (χ1) is 8.92. The average molecular weight is 271 g/mol. The quantitative estimate of drug-likeness (QED) is 0.592. The predicted octanol–water partition coefficient (Wildman–Crippen LogP) is -0.406. The van der Waals surface area contributed by atoms with Crippen LogP contribution in [0.3, 0.4) is 0 Å². The van der Waals surface area contributed by atoms with Crippen molar-refractivity contribution in [3.05, 3.63) is 26.9 Å². The van der Waals surface area contributed by atoms with E-state index in [1.54, 1.807) is 0 Å². The number of nitrogen functional groups attached to an aromatic ring is 1. The molecule has 1 aromatic rings. The van der Waals surface area contributed by atoms with Crippen molar-refractivity contribution in [1.82, 2.24) is 14.9 Å². The maximum Gasteiger partial charge on any atom is 0.329 e. The average Bonchev–Trinajstić information content (AvgIpc) is 2.32. The van der Waals surface area contributed by atoms with Gasteiger partial charge in [-0.15, -0.1) is 0 Å². The molecule has 0 atom stereocenters. The number of amides is 2. The summed E-state index contributed by atoms with van der Waals surface area (Å²) in [6.07, 6.45) is 1.74. The predicted molar refractivity (Wildman–Crippen MR) is 73.9 cm³/mol. The third-order valence-electron chi connectivity index (χ3n) is 2.06. The Balaban J connectivity index is 0.000000399. The lowest BCUT2D eigenvalue weighted by atomic mass is 10.4. The van der Waals surface area contributed by atoms with Crippen molar-refractivity contribution in [2.45, 2.75) is 33.2 Å². The topological polar surface area (TPSA) is 136 Å². The van der Waals surface area contributed by atoms with Gasteiger partial charge in [0.25, 0.3) is 5.56 Å². The molecule has 0 aliphatic carbocycles. The molecule has 1 aromatic heterocycles. The highest BCUT2D eigenvalue weighted by molar-refractivity contribution is 5.71. The fourth-order valence-electron chi connectivity index (χ4n) is 1.24. The minimum atomic E-state index is -0.454. The highest BCUT2D eigenvalue weighted by Crippen LogP contribution is 1.93. The molecule has 1 heterocycles. The minimum absolute atomic E-state index is 0.214. The molecule has 108 valence electrons. The van der Waals surface area contributed by atoms with E-state index >= 15 is 0 Å². The SMILES string of the molecule is CCCNC(N)=O.CCCn1c(N)cc(=O)[nH]c1=O. The second-order valence-corrected chi connectivity index (χ2v) is 3.81. The third kappa shape index (κ3) is 6.92. The maximum atomic E-state index is 11.1. The van der Waals surface area contributed by atoms with Crippen molar-refractivity contribution in [3.8, 4) is 0 Å². The first-order valence-electron chi connectivity index (χ1n) is 6.05. The Morgan fingerprint density at radius 3 is 2.37 bits per heavy atom. The van der Waals surface area contributed by atoms with Crippen molar-refractivity contribution in [2.75, 3.05) is 12.3 Å². The molecule has 0 aliphatic heterocycles. The molecule has 0 saturated heterocycles. The van der Waals surface area contributed by atoms with Crippen LogP contribution in [0.2, 0.25) is 0 Å². The molecule has 8 heteroatoms. The summed E-state index contributed by atoms with van der Waals surface area (Å²) >= 11 is 0. The van der Waals surface area contributed by atoms with Crippen LogP contribution >= 0.6 is 0 Å². The second-order valence-electron chi connectivity index (χ2n) is 3.81. The van der Waals surface area contributed by atoms with Gasteiger partial charge in [-0.05, 0) is 12.8 Å². The number of rotatable bonds is 4. The van der Waals surface area contributed by atoms with Gasteiger partial charge in [0.05, 0.1) is 0 Å². The summed E-state index contributed by atoms with van der Waals surface area (Å²) in [4.78, 5) is 33.8. The maximum absolute atomic E-state index is 11.1. The number of aromatic nitrogens is 2. The van der Waals surface area contributed by atoms with Crippen LogP contribution in [-0.2, 0) is 6.54 Å². The fraction of sp³-hybridized carbons (Fsp3) is 0.545. The summed E-state index contributed by atoms with van der Waals surface area (Å²) in [7, 11) is 0. The van der Waals surface area contributed by atoms with E-state index in [4.69, 9.17) is 11.5 Å². The second kappa shape index (κ2) is 8.78. The van der Waals surface area contributed by atoms with Crippen molar-refractivity contribution in [2.24, 2.45) is 5.73 Å². The first-order valence-corrected chi connectivity index (χ1v) is 6.05. The highest BCUT2D eigenvalue weighted by Gasteiger charge is 1.99. The van der Waals surface area contributed by atoms with E-state index in [0.29, 0.717) is 13.1 Å². The molecule has 0 fully saturated rings. The standard InChI is InChI=1S/C7H11N3O2.C4H10N2O/c1-2-3-10-5(8)4-6(11)9-7(10)12;1-2-3-6-4(5)7/h4H,2-3,8H2,1H3,(H,9,11,12);2-3H2,1H3,(H3,5,6,7). The highest BCUT2D eigenvalue weighted by atomic mass is 16.2. The lowest BCUT2D eigenvalue weighted by molar-refractivity contribution is 0.249. The van der Waals surface area contributed by atoms with Crippen LogP contribution in [0.25, 0.3) is 0 Å². The minimum Gasteiger partial charge on any atom is -0.385 e. The van der Waals surface area contributed by atoms with Gasteiger partial charge >= 0.3 is 11.7 Å². The molecule has 1 rings (SSSR count). The third-order valence-corrected chi connectivity index (χ3v) is 2.06. The van der Waals surface area contributed by atoms with Crippen LogP contribution in [0, 0.1) is 0 Å². The van der Waals surface area contributed by atoms with Crippen LogP contribution in [0.1, 0.15) is 26.7 Å². The summed E-state index contributed by atoms with van der Waals surface area (Å²) in [5, 5.41) is 2.43. The summed E-state index contributed by atoms with van der Waals surface area (Å²) in [5.74, 6) is 0.214. The smallest absolute Gasteiger partial charge is 0.329 e. The molecule has 6 N–H and O–H groups in total. The largest absolute Gasteiger partial charge is 0.385 e. The number of hydrogen-bond donors (Lipinski definition) is 4. The summed E-state index contributed by atoms with van der Waals surface area (Å²) < 4.78 is 1.33. The molecular formula is C11H21N5O3. The van der Waals surface area contributed by atoms with Crippen LogP contribution in [0.5, 0.6) is 0 Å². The van der Waals surface area contributed by atoms with Gasteiger partial charge in [-0.1, -0.05) is 13.8 Å². The molecule has 0 saturated carbocycles. The lowest BCUT2D eigenvalue weighted by Crippen LogP contribution is -2.31. The van der Waals surface area contributed by atoms with Crippen LogP contribution in [0.4, 0.5) is 10.6 Å². The number of nitrogens with two attached hydrogens (primary N) is 2. The lowest BCUT2D eigenvalue weighted by Gasteiger charge is -2.04. The van der Waals surface area contributed by atoms with Gasteiger partial charge in [0.2, 0.25) is 0 Å². The number of urea groups is 1. The number of nitrogens with zero attached hydrogens (tertiary/aromatic N) is 1. The zero-order valence-electron chi connectivity index (χ0n) is 11.2. The number of anilines is 1. The molecule has 0 radical (unpaired) electrons. The molecule has 2 amide bonds. The zero-order chi connectivity index (χ0) is 14.8. The monoisotopic (exact) mass is 271 g/mol. The molecule has 0 aromatic carbocycles. The van der Waals surface area contributed by atoms with Crippen molar-refractivity contribution in [1.29, 1.82) is 0 Å². The van der Waals surface area contributed by atoms with Gasteiger partial charge in [0.1, 0.15) is 5.82 Å². The van der Waals surface area contributed by atoms with E-state index in [1.807, 2.05) is 13.8 Å². The number of primary amides is 1. The van der Waals surface area contributed by atoms with Gasteiger partial charge in [-0.2, -0.15) is 0 Å². The Labute approximate surface area is 110 Å². The van der Waals surface area contributed by atoms with Gasteiger partial charge in [0, 0.05) is 19.2 Å². The van der Waals surface area contributed by atoms with Gasteiger partial charge in [-0.25, -0.2) is 9.59 Å². The molecule has 0 spiro atoms. The number of carbonyl (C=O) groups is 1. The van der Waals surface area contributed by atoms with Gasteiger partial charge in [0.15, 0.2) is 0 Å². The van der Waals surface area contributed by atoms with E-state index in [9.17, 15) is 14.4 Å². The molecule has 0 bridgehead atoms. The fourth-order valence-corrected chi connectivity index (χ4v) is 1.24. The van der Waals surface area contributed by atoms with Crippen molar-refractivity contribution < 1.29 is 4.79 Å². The Morgan fingerprint density at radius 1 is 1.37 bits per heavy atom. The molecular weight excluding hydrogens is 250 g/mol. The number of H-pyrrole nitrogens is 1. The number of carbonyl (C=O) groups excluding carboxylic acids is 1. The van der Waals surface area contributed by atoms with E-state index < -0.39 is 17.3 Å². The van der Waals surface area contributed by atoms with Crippen LogP contribution < -0.4 is 28.0 Å². The van der Waals surface area contributed by atoms with Crippen LogP contribution in [-0.4, -0.2) is 22.1 Å². The molecule has 0 unspecified atom stereocenters. The van der Waals surface area contributed by atoms with E-state index in [2.05, 4.69) is 10.3 Å². The number of aromatic amines is 1. The Kier molecular flexibility index (Phi) is 7.74. The number of hydrogen-bond acceptors (Lipinski definition) is 4. The Hall–Kier alpha value is -2.25. The first kappa shape index (κ1) is 16.8. The normalized spacial score (nSPS) is 9.37. The molecule has 8 nitrogen and oxygen atoms in total. The van der Waals surface area contributed by atoms with E-state index in [1.165, 1.54) is 10.6 Å². The molecule has 0 aliphatic rings. The summed E-state index contributed by atoms with van der Waals surface area (Å²) in [6.45, 7) is 5.10. The number of nitrogens with one attached hydrogen (secondary N) is 2. The zero-order valence-corrected chi connectivity index (χ0v) is 11.2. The van der Waals surface area contributed by atoms with Crippen molar-refractivity contribution in [3.63, 3.8) is 0 Å². The van der Waals surface area contributed by atoms with Crippen molar-refractivity contribution >= 4 is 11.8 Å². The molecule has 19 heavy (non-hydrogen) atoms. The van der Waals surface area contributed by atoms with E-state index in [-0.39, 0.29) is 5.82 Å². The van der Waals surface area contributed by atoms with E-state index in [0.717, 1.165) is 12.8 Å². The van der Waals surface area contributed by atoms with Crippen LogP contribution in [0.15, 0.2) is 15.7 Å². The summed E-state index contributed by atoms with van der Waals surface area (Å²) in [5.41, 5.74) is 9.28. The van der Waals surface area contributed by atoms with Gasteiger partial charge < -0.3 is 16.8 Å². The van der Waals surface area contributed by atoms with Gasteiger partial charge in [-0.3, -0.25) is 14.3 Å². The Morgan fingerprint density at radius 2 is 2.00 bits per heavy atom. The Bertz CT molecular complexity index is 506.